The van der Waals surface area contributed by atoms with Crippen LogP contribution in [0.2, 0.25) is 0 Å². The minimum absolute atomic E-state index is 0.529. The fraction of sp³-hybridized carbons (Fsp3) is 0.158. The monoisotopic (exact) mass is 352 g/mol. The molecule has 0 unspecified atom stereocenters. The van der Waals surface area contributed by atoms with E-state index in [0.717, 1.165) is 10.4 Å². The van der Waals surface area contributed by atoms with Crippen molar-refractivity contribution in [2.24, 2.45) is 0 Å². The molecule has 5 nitrogen and oxygen atoms in total. The molecule has 1 saturated heterocycles. The number of hydrogen-bond donors (Lipinski definition) is 3. The van der Waals surface area contributed by atoms with Crippen molar-refractivity contribution in [3.05, 3.63) is 60.2 Å². The minimum Gasteiger partial charge on any atom is -0.385 e. The summed E-state index contributed by atoms with van der Waals surface area (Å²) >= 11 is 1.71. The molecule has 3 aromatic rings. The zero-order valence-corrected chi connectivity index (χ0v) is 14.3. The lowest BCUT2D eigenvalue weighted by Gasteiger charge is -2.27. The quantitative estimate of drug-likeness (QED) is 0.634. The summed E-state index contributed by atoms with van der Waals surface area (Å²) in [6.45, 7) is 1.51. The third-order valence-corrected chi connectivity index (χ3v) is 5.72. The molecule has 0 bridgehead atoms. The van der Waals surface area contributed by atoms with Gasteiger partial charge in [0.25, 0.3) is 5.91 Å². The molecule has 126 valence electrons. The van der Waals surface area contributed by atoms with Crippen LogP contribution in [0.1, 0.15) is 18.6 Å². The maximum Gasteiger partial charge on any atom is 0.322 e. The molecule has 3 N–H and O–H groups in total. The van der Waals surface area contributed by atoms with E-state index in [1.807, 2.05) is 24.3 Å². The van der Waals surface area contributed by atoms with Crippen molar-refractivity contribution in [3.63, 3.8) is 0 Å². The molecule has 1 aromatic heterocycles. The smallest absolute Gasteiger partial charge is 0.322 e. The molecule has 0 saturated carbocycles. The lowest BCUT2D eigenvalue weighted by molar-refractivity contribution is -0.127. The predicted molar refractivity (Wildman–Crippen MR) is 97.3 cm³/mol. The standard InChI is InChI=1S/C19H16N2O3S/c1-19(17(23)20-18(24)21-19)16(22)12-8-6-11(7-9-12)15-10-13-4-2-3-5-14(13)25-15/h2-10,16,22H,1H3,(H2,20,21,23,24)/t16-,19-/m0/s1. The molecule has 1 fully saturated rings. The summed E-state index contributed by atoms with van der Waals surface area (Å²) in [6, 6.07) is 17.2. The topological polar surface area (TPSA) is 78.4 Å². The van der Waals surface area contributed by atoms with Gasteiger partial charge in [0.05, 0.1) is 0 Å². The van der Waals surface area contributed by atoms with E-state index in [4.69, 9.17) is 0 Å². The van der Waals surface area contributed by atoms with Gasteiger partial charge in [0.2, 0.25) is 0 Å². The van der Waals surface area contributed by atoms with Crippen molar-refractivity contribution >= 4 is 33.4 Å². The Morgan fingerprint density at radius 3 is 2.44 bits per heavy atom. The highest BCUT2D eigenvalue weighted by Crippen LogP contribution is 2.35. The molecular weight excluding hydrogens is 336 g/mol. The first-order valence-electron chi connectivity index (χ1n) is 7.88. The number of nitrogens with one attached hydrogen (secondary N) is 2. The summed E-state index contributed by atoms with van der Waals surface area (Å²) < 4.78 is 1.22. The van der Waals surface area contributed by atoms with Crippen molar-refractivity contribution < 1.29 is 14.7 Å². The number of imide groups is 1. The summed E-state index contributed by atoms with van der Waals surface area (Å²) in [6.07, 6.45) is -1.13. The molecule has 25 heavy (non-hydrogen) atoms. The highest BCUT2D eigenvalue weighted by molar-refractivity contribution is 7.22. The third-order valence-electron chi connectivity index (χ3n) is 4.56. The second-order valence-corrected chi connectivity index (χ2v) is 7.37. The van der Waals surface area contributed by atoms with Gasteiger partial charge in [-0.05, 0) is 35.6 Å². The lowest BCUT2D eigenvalue weighted by atomic mass is 9.89. The van der Waals surface area contributed by atoms with Gasteiger partial charge in [-0.3, -0.25) is 10.1 Å². The van der Waals surface area contributed by atoms with Crippen LogP contribution in [0.4, 0.5) is 4.79 Å². The second-order valence-electron chi connectivity index (χ2n) is 6.28. The number of aliphatic hydroxyl groups is 1. The van der Waals surface area contributed by atoms with Crippen LogP contribution >= 0.6 is 11.3 Å². The molecule has 4 rings (SSSR count). The Hall–Kier alpha value is -2.70. The van der Waals surface area contributed by atoms with Gasteiger partial charge in [0.1, 0.15) is 11.6 Å². The van der Waals surface area contributed by atoms with E-state index in [0.29, 0.717) is 5.56 Å². The van der Waals surface area contributed by atoms with Gasteiger partial charge in [-0.15, -0.1) is 11.3 Å². The van der Waals surface area contributed by atoms with Gasteiger partial charge in [-0.2, -0.15) is 0 Å². The van der Waals surface area contributed by atoms with Gasteiger partial charge >= 0.3 is 6.03 Å². The van der Waals surface area contributed by atoms with Gasteiger partial charge in [-0.25, -0.2) is 4.79 Å². The van der Waals surface area contributed by atoms with Crippen LogP contribution in [-0.4, -0.2) is 22.6 Å². The first-order valence-corrected chi connectivity index (χ1v) is 8.69. The Bertz CT molecular complexity index is 947. The van der Waals surface area contributed by atoms with Crippen molar-refractivity contribution in [2.75, 3.05) is 0 Å². The molecule has 2 atom stereocenters. The van der Waals surface area contributed by atoms with Crippen molar-refractivity contribution in [3.8, 4) is 10.4 Å². The van der Waals surface area contributed by atoms with E-state index in [1.54, 1.807) is 23.5 Å². The zero-order valence-electron chi connectivity index (χ0n) is 13.4. The first kappa shape index (κ1) is 15.8. The summed E-state index contributed by atoms with van der Waals surface area (Å²) in [5.74, 6) is -0.529. The van der Waals surface area contributed by atoms with Crippen LogP contribution in [0.15, 0.2) is 54.6 Å². The first-order chi connectivity index (χ1) is 12.0. The van der Waals surface area contributed by atoms with Crippen LogP contribution in [0.3, 0.4) is 0 Å². The Balaban J connectivity index is 1.63. The van der Waals surface area contributed by atoms with E-state index in [2.05, 4.69) is 28.8 Å². The number of amides is 3. The molecule has 0 aliphatic carbocycles. The number of carbonyl (C=O) groups is 2. The Morgan fingerprint density at radius 1 is 1.08 bits per heavy atom. The number of urea groups is 1. The number of benzene rings is 2. The molecule has 3 amide bonds. The molecule has 0 radical (unpaired) electrons. The maximum atomic E-state index is 12.0. The lowest BCUT2D eigenvalue weighted by Crippen LogP contribution is -2.49. The van der Waals surface area contributed by atoms with E-state index < -0.39 is 23.6 Å². The largest absolute Gasteiger partial charge is 0.385 e. The fourth-order valence-electron chi connectivity index (χ4n) is 3.04. The minimum atomic E-state index is -1.36. The SMILES string of the molecule is C[C@@]1([C@@H](O)c2ccc(-c3cc4ccccc4s3)cc2)NC(=O)NC1=O. The Labute approximate surface area is 148 Å². The predicted octanol–water partition coefficient (Wildman–Crippen LogP) is 3.20. The maximum absolute atomic E-state index is 12.0. The molecule has 1 aliphatic rings. The third kappa shape index (κ3) is 2.59. The van der Waals surface area contributed by atoms with Gasteiger partial charge in [0, 0.05) is 9.58 Å². The van der Waals surface area contributed by atoms with Gasteiger partial charge < -0.3 is 10.4 Å². The summed E-state index contributed by atoms with van der Waals surface area (Å²) in [7, 11) is 0. The van der Waals surface area contributed by atoms with E-state index in [-0.39, 0.29) is 0 Å². The summed E-state index contributed by atoms with van der Waals surface area (Å²) in [4.78, 5) is 24.5. The number of carbonyl (C=O) groups excluding carboxylic acids is 2. The van der Waals surface area contributed by atoms with Crippen LogP contribution in [-0.2, 0) is 4.79 Å². The van der Waals surface area contributed by atoms with E-state index >= 15 is 0 Å². The average Bonchev–Trinajstić information content (AvgIpc) is 3.15. The van der Waals surface area contributed by atoms with Gasteiger partial charge in [0.15, 0.2) is 0 Å². The highest BCUT2D eigenvalue weighted by Gasteiger charge is 2.48. The molecular formula is C19H16N2O3S. The van der Waals surface area contributed by atoms with Crippen LogP contribution < -0.4 is 10.6 Å². The number of aliphatic hydroxyl groups excluding tert-OH is 1. The highest BCUT2D eigenvalue weighted by atomic mass is 32.1. The number of rotatable bonds is 3. The van der Waals surface area contributed by atoms with Crippen LogP contribution in [0, 0.1) is 0 Å². The number of fused-ring (bicyclic) bond motifs is 1. The second kappa shape index (κ2) is 5.68. The zero-order chi connectivity index (χ0) is 17.6. The number of hydrogen-bond acceptors (Lipinski definition) is 4. The van der Waals surface area contributed by atoms with E-state index in [9.17, 15) is 14.7 Å². The van der Waals surface area contributed by atoms with Crippen LogP contribution in [0.5, 0.6) is 0 Å². The summed E-state index contributed by atoms with van der Waals surface area (Å²) in [5, 5.41) is 16.4. The Morgan fingerprint density at radius 2 is 1.80 bits per heavy atom. The average molecular weight is 352 g/mol. The number of thiophene rings is 1. The van der Waals surface area contributed by atoms with Crippen molar-refractivity contribution in [1.82, 2.24) is 10.6 Å². The molecule has 2 aromatic carbocycles. The normalized spacial score (nSPS) is 21.2. The Kier molecular flexibility index (Phi) is 3.59. The van der Waals surface area contributed by atoms with E-state index in [1.165, 1.54) is 17.0 Å². The fourth-order valence-corrected chi connectivity index (χ4v) is 4.10. The van der Waals surface area contributed by atoms with Gasteiger partial charge in [-0.1, -0.05) is 42.5 Å². The molecule has 1 aliphatic heterocycles. The summed E-state index contributed by atoms with van der Waals surface area (Å²) in [5.41, 5.74) is 0.253. The van der Waals surface area contributed by atoms with Crippen molar-refractivity contribution in [2.45, 2.75) is 18.6 Å². The molecule has 6 heteroatoms. The van der Waals surface area contributed by atoms with Crippen LogP contribution in [0.25, 0.3) is 20.5 Å². The molecule has 0 spiro atoms. The molecule has 2 heterocycles. The van der Waals surface area contributed by atoms with Crippen molar-refractivity contribution in [1.29, 1.82) is 0 Å².